The maximum atomic E-state index is 13.1. The second-order valence-corrected chi connectivity index (χ2v) is 7.15. The van der Waals surface area contributed by atoms with Crippen LogP contribution in [-0.4, -0.2) is 17.6 Å². The lowest BCUT2D eigenvalue weighted by atomic mass is 9.94. The average Bonchev–Trinajstić information content (AvgIpc) is 3.43. The Bertz CT molecular complexity index is 795. The molecule has 136 valence electrons. The zero-order valence-corrected chi connectivity index (χ0v) is 14.7. The summed E-state index contributed by atoms with van der Waals surface area (Å²) in [6.07, 6.45) is -2.41. The van der Waals surface area contributed by atoms with Gasteiger partial charge < -0.3 is 5.73 Å². The Kier molecular flexibility index (Phi) is 5.36. The minimum atomic E-state index is -4.20. The molecule has 1 saturated carbocycles. The van der Waals surface area contributed by atoms with Crippen LogP contribution in [0.2, 0.25) is 0 Å². The van der Waals surface area contributed by atoms with E-state index in [1.165, 1.54) is 30.1 Å². The number of nitrogens with zero attached hydrogens (tertiary/aromatic N) is 2. The SMILES string of the molecule is NC(=NN=Cc1ccc(C2(C(F)(F)F)CC2)cc1)SCc1ccccc1. The zero-order chi connectivity index (χ0) is 18.6. The van der Waals surface area contributed by atoms with Crippen molar-refractivity contribution in [3.8, 4) is 0 Å². The number of rotatable bonds is 5. The highest BCUT2D eigenvalue weighted by Gasteiger charge is 2.64. The van der Waals surface area contributed by atoms with Gasteiger partial charge in [0.25, 0.3) is 0 Å². The van der Waals surface area contributed by atoms with Crippen molar-refractivity contribution in [1.82, 2.24) is 0 Å². The van der Waals surface area contributed by atoms with Crippen LogP contribution in [0, 0.1) is 0 Å². The van der Waals surface area contributed by atoms with Crippen LogP contribution in [0.25, 0.3) is 0 Å². The van der Waals surface area contributed by atoms with Crippen LogP contribution >= 0.6 is 11.8 Å². The molecule has 0 amide bonds. The molecule has 2 aromatic rings. The number of benzene rings is 2. The molecule has 0 aromatic heterocycles. The van der Waals surface area contributed by atoms with Crippen molar-refractivity contribution in [2.75, 3.05) is 0 Å². The Morgan fingerprint density at radius 2 is 1.73 bits per heavy atom. The van der Waals surface area contributed by atoms with Crippen LogP contribution < -0.4 is 5.73 Å². The van der Waals surface area contributed by atoms with Gasteiger partial charge in [0.05, 0.1) is 11.6 Å². The van der Waals surface area contributed by atoms with Crippen molar-refractivity contribution in [3.63, 3.8) is 0 Å². The van der Waals surface area contributed by atoms with E-state index in [0.29, 0.717) is 22.0 Å². The molecule has 1 fully saturated rings. The molecule has 0 spiro atoms. The van der Waals surface area contributed by atoms with E-state index in [2.05, 4.69) is 10.2 Å². The van der Waals surface area contributed by atoms with Crippen LogP contribution in [0.4, 0.5) is 13.2 Å². The van der Waals surface area contributed by atoms with Gasteiger partial charge in [-0.15, -0.1) is 5.10 Å². The van der Waals surface area contributed by atoms with E-state index in [1.807, 2.05) is 30.3 Å². The van der Waals surface area contributed by atoms with Gasteiger partial charge in [-0.3, -0.25) is 0 Å². The maximum Gasteiger partial charge on any atom is 0.398 e. The number of halogens is 3. The summed E-state index contributed by atoms with van der Waals surface area (Å²) in [7, 11) is 0. The summed E-state index contributed by atoms with van der Waals surface area (Å²) in [5.74, 6) is 0.694. The van der Waals surface area contributed by atoms with Gasteiger partial charge in [-0.05, 0) is 29.5 Å². The Morgan fingerprint density at radius 3 is 2.31 bits per heavy atom. The fourth-order valence-corrected chi connectivity index (χ4v) is 3.27. The number of nitrogens with two attached hydrogens (primary N) is 1. The van der Waals surface area contributed by atoms with E-state index >= 15 is 0 Å². The average molecular weight is 377 g/mol. The van der Waals surface area contributed by atoms with Gasteiger partial charge in [-0.2, -0.15) is 18.3 Å². The first kappa shape index (κ1) is 18.5. The highest BCUT2D eigenvalue weighted by molar-refractivity contribution is 8.13. The van der Waals surface area contributed by atoms with Crippen molar-refractivity contribution in [2.24, 2.45) is 15.9 Å². The summed E-state index contributed by atoms with van der Waals surface area (Å²) in [4.78, 5) is 0. The summed E-state index contributed by atoms with van der Waals surface area (Å²) < 4.78 is 39.3. The van der Waals surface area contributed by atoms with Crippen LogP contribution in [0.3, 0.4) is 0 Å². The standard InChI is InChI=1S/C19H18F3N3S/c20-19(21,22)18(10-11-18)16-8-6-14(7-9-16)12-24-25-17(23)26-13-15-4-2-1-3-5-15/h1-9,12H,10-11,13H2,(H2,23,25). The van der Waals surface area contributed by atoms with Gasteiger partial charge in [-0.1, -0.05) is 66.4 Å². The van der Waals surface area contributed by atoms with Crippen molar-refractivity contribution in [1.29, 1.82) is 0 Å². The number of alkyl halides is 3. The molecule has 26 heavy (non-hydrogen) atoms. The van der Waals surface area contributed by atoms with E-state index in [9.17, 15) is 13.2 Å². The first-order valence-electron chi connectivity index (χ1n) is 8.11. The van der Waals surface area contributed by atoms with Crippen molar-refractivity contribution in [2.45, 2.75) is 30.2 Å². The molecular weight excluding hydrogens is 359 g/mol. The first-order chi connectivity index (χ1) is 12.4. The van der Waals surface area contributed by atoms with Gasteiger partial charge in [0.15, 0.2) is 5.17 Å². The van der Waals surface area contributed by atoms with Crippen LogP contribution in [0.1, 0.15) is 29.5 Å². The van der Waals surface area contributed by atoms with E-state index < -0.39 is 11.6 Å². The van der Waals surface area contributed by atoms with E-state index in [0.717, 1.165) is 5.56 Å². The molecule has 2 N–H and O–H groups in total. The van der Waals surface area contributed by atoms with Crippen molar-refractivity contribution < 1.29 is 13.2 Å². The molecule has 0 heterocycles. The molecule has 0 bridgehead atoms. The third-order valence-electron chi connectivity index (χ3n) is 4.35. The second-order valence-electron chi connectivity index (χ2n) is 6.16. The minimum absolute atomic E-state index is 0.156. The highest BCUT2D eigenvalue weighted by Crippen LogP contribution is 2.58. The number of hydrogen-bond donors (Lipinski definition) is 1. The molecule has 0 unspecified atom stereocenters. The summed E-state index contributed by atoms with van der Waals surface area (Å²) in [6.45, 7) is 0. The lowest BCUT2D eigenvalue weighted by Crippen LogP contribution is -2.28. The number of thioether (sulfide) groups is 1. The summed E-state index contributed by atoms with van der Waals surface area (Å²) in [5.41, 5.74) is 6.26. The highest BCUT2D eigenvalue weighted by atomic mass is 32.2. The first-order valence-corrected chi connectivity index (χ1v) is 9.10. The monoisotopic (exact) mass is 377 g/mol. The third-order valence-corrected chi connectivity index (χ3v) is 5.20. The Morgan fingerprint density at radius 1 is 1.08 bits per heavy atom. The van der Waals surface area contributed by atoms with Gasteiger partial charge in [-0.25, -0.2) is 0 Å². The summed E-state index contributed by atoms with van der Waals surface area (Å²) in [5, 5.41) is 8.14. The van der Waals surface area contributed by atoms with Gasteiger partial charge in [0.2, 0.25) is 0 Å². The molecule has 1 aliphatic carbocycles. The second kappa shape index (κ2) is 7.53. The maximum absolute atomic E-state index is 13.1. The van der Waals surface area contributed by atoms with Crippen molar-refractivity contribution in [3.05, 3.63) is 71.3 Å². The summed E-state index contributed by atoms with van der Waals surface area (Å²) >= 11 is 1.37. The Balaban J connectivity index is 1.57. The molecule has 1 aliphatic rings. The number of amidine groups is 1. The quantitative estimate of drug-likeness (QED) is 0.459. The van der Waals surface area contributed by atoms with E-state index in [1.54, 1.807) is 12.1 Å². The number of hydrogen-bond acceptors (Lipinski definition) is 3. The Hall–Kier alpha value is -2.28. The molecule has 3 nitrogen and oxygen atoms in total. The lowest BCUT2D eigenvalue weighted by Gasteiger charge is -2.19. The van der Waals surface area contributed by atoms with Crippen molar-refractivity contribution >= 4 is 23.1 Å². The third kappa shape index (κ3) is 4.27. The van der Waals surface area contributed by atoms with Gasteiger partial charge in [0, 0.05) is 5.75 Å². The molecule has 2 aromatic carbocycles. The van der Waals surface area contributed by atoms with Crippen LogP contribution in [0.15, 0.2) is 64.8 Å². The zero-order valence-electron chi connectivity index (χ0n) is 13.9. The molecule has 7 heteroatoms. The molecule has 0 aliphatic heterocycles. The fraction of sp³-hybridized carbons (Fsp3) is 0.263. The smallest absolute Gasteiger partial charge is 0.377 e. The van der Waals surface area contributed by atoms with Gasteiger partial charge in [0.1, 0.15) is 0 Å². The summed E-state index contributed by atoms with van der Waals surface area (Å²) in [6, 6.07) is 16.1. The van der Waals surface area contributed by atoms with Crippen LogP contribution in [0.5, 0.6) is 0 Å². The molecule has 0 radical (unpaired) electrons. The largest absolute Gasteiger partial charge is 0.398 e. The lowest BCUT2D eigenvalue weighted by molar-refractivity contribution is -0.160. The molecule has 3 rings (SSSR count). The minimum Gasteiger partial charge on any atom is -0.377 e. The molecule has 0 atom stereocenters. The topological polar surface area (TPSA) is 50.7 Å². The van der Waals surface area contributed by atoms with E-state index in [4.69, 9.17) is 5.73 Å². The normalized spacial score (nSPS) is 16.8. The molecular formula is C19H18F3N3S. The van der Waals surface area contributed by atoms with Gasteiger partial charge >= 0.3 is 6.18 Å². The van der Waals surface area contributed by atoms with E-state index in [-0.39, 0.29) is 12.8 Å². The predicted octanol–water partition coefficient (Wildman–Crippen LogP) is 4.86. The Labute approximate surface area is 154 Å². The fourth-order valence-electron chi connectivity index (χ4n) is 2.66. The van der Waals surface area contributed by atoms with Crippen LogP contribution in [-0.2, 0) is 11.2 Å². The molecule has 0 saturated heterocycles. The predicted molar refractivity (Wildman–Crippen MR) is 100 cm³/mol.